The highest BCUT2D eigenvalue weighted by molar-refractivity contribution is 6.46. The van der Waals surface area contributed by atoms with Crippen LogP contribution in [0.25, 0.3) is 11.0 Å². The van der Waals surface area contributed by atoms with E-state index < -0.39 is 11.7 Å². The summed E-state index contributed by atoms with van der Waals surface area (Å²) in [5.74, 6) is -1.33. The van der Waals surface area contributed by atoms with Crippen molar-refractivity contribution in [1.82, 2.24) is 9.97 Å². The number of imidazole rings is 1. The van der Waals surface area contributed by atoms with Crippen LogP contribution in [0, 0.1) is 6.92 Å². The number of H-pyrrole nitrogens is 2. The van der Waals surface area contributed by atoms with Crippen LogP contribution in [0.3, 0.4) is 0 Å². The molecule has 0 radical (unpaired) electrons. The number of hydrogen-bond acceptors (Lipinski definition) is 3. The Hall–Kier alpha value is -3.15. The van der Waals surface area contributed by atoms with Gasteiger partial charge < -0.3 is 15.3 Å². The van der Waals surface area contributed by atoms with Crippen LogP contribution >= 0.6 is 0 Å². The van der Waals surface area contributed by atoms with Crippen molar-refractivity contribution in [2.75, 3.05) is 5.32 Å². The van der Waals surface area contributed by atoms with E-state index in [1.54, 1.807) is 42.5 Å². The van der Waals surface area contributed by atoms with E-state index >= 15 is 0 Å². The van der Waals surface area contributed by atoms with E-state index in [9.17, 15) is 14.4 Å². The zero-order valence-electron chi connectivity index (χ0n) is 11.8. The summed E-state index contributed by atoms with van der Waals surface area (Å²) in [5, 5.41) is 2.53. The molecule has 0 saturated carbocycles. The number of fused-ring (bicyclic) bond motifs is 1. The first-order valence-corrected chi connectivity index (χ1v) is 6.67. The third-order valence-electron chi connectivity index (χ3n) is 3.29. The van der Waals surface area contributed by atoms with Crippen LogP contribution in [0.1, 0.15) is 15.9 Å². The Morgan fingerprint density at radius 3 is 2.36 bits per heavy atom. The Balaban J connectivity index is 1.81. The van der Waals surface area contributed by atoms with Crippen LogP contribution in [-0.2, 0) is 4.79 Å². The van der Waals surface area contributed by atoms with E-state index in [4.69, 9.17) is 0 Å². The highest BCUT2D eigenvalue weighted by atomic mass is 16.2. The Bertz CT molecular complexity index is 920. The van der Waals surface area contributed by atoms with Gasteiger partial charge in [-0.25, -0.2) is 4.79 Å². The van der Waals surface area contributed by atoms with Crippen molar-refractivity contribution in [1.29, 1.82) is 0 Å². The average molecular weight is 295 g/mol. The van der Waals surface area contributed by atoms with Gasteiger partial charge in [-0.15, -0.1) is 0 Å². The number of aromatic nitrogens is 2. The van der Waals surface area contributed by atoms with E-state index in [1.165, 1.54) is 0 Å². The fraction of sp³-hybridized carbons (Fsp3) is 0.0625. The minimum Gasteiger partial charge on any atom is -0.319 e. The average Bonchev–Trinajstić information content (AvgIpc) is 2.86. The van der Waals surface area contributed by atoms with Gasteiger partial charge in [0, 0.05) is 11.3 Å². The number of hydrogen-bond donors (Lipinski definition) is 3. The van der Waals surface area contributed by atoms with Gasteiger partial charge in [0.05, 0.1) is 11.0 Å². The lowest BCUT2D eigenvalue weighted by Gasteiger charge is -2.05. The predicted octanol–water partition coefficient (Wildman–Crippen LogP) is 1.99. The minimum absolute atomic E-state index is 0.325. The molecule has 2 aromatic carbocycles. The van der Waals surface area contributed by atoms with Crippen molar-refractivity contribution in [2.45, 2.75) is 6.92 Å². The lowest BCUT2D eigenvalue weighted by atomic mass is 10.1. The van der Waals surface area contributed by atoms with Crippen molar-refractivity contribution in [3.8, 4) is 0 Å². The van der Waals surface area contributed by atoms with Crippen LogP contribution in [0.2, 0.25) is 0 Å². The van der Waals surface area contributed by atoms with E-state index in [0.717, 1.165) is 5.56 Å². The Kier molecular flexibility index (Phi) is 3.34. The maximum Gasteiger partial charge on any atom is 0.323 e. The van der Waals surface area contributed by atoms with Crippen molar-refractivity contribution >= 4 is 28.4 Å². The summed E-state index contributed by atoms with van der Waals surface area (Å²) in [6, 6.07) is 11.6. The van der Waals surface area contributed by atoms with Gasteiger partial charge in [-0.2, -0.15) is 0 Å². The van der Waals surface area contributed by atoms with Crippen molar-refractivity contribution < 1.29 is 9.59 Å². The lowest BCUT2D eigenvalue weighted by Crippen LogP contribution is -2.22. The molecule has 0 atom stereocenters. The summed E-state index contributed by atoms with van der Waals surface area (Å²) >= 11 is 0. The predicted molar refractivity (Wildman–Crippen MR) is 83.1 cm³/mol. The normalized spacial score (nSPS) is 10.6. The highest BCUT2D eigenvalue weighted by Gasteiger charge is 2.16. The molecule has 0 aliphatic carbocycles. The number of amides is 1. The van der Waals surface area contributed by atoms with Crippen LogP contribution in [0.4, 0.5) is 5.69 Å². The van der Waals surface area contributed by atoms with Crippen molar-refractivity contribution in [3.63, 3.8) is 0 Å². The molecular formula is C16H13N3O3. The van der Waals surface area contributed by atoms with Crippen LogP contribution in [0.5, 0.6) is 0 Å². The van der Waals surface area contributed by atoms with E-state index in [2.05, 4.69) is 15.3 Å². The summed E-state index contributed by atoms with van der Waals surface area (Å²) in [7, 11) is 0. The molecule has 0 saturated heterocycles. The topological polar surface area (TPSA) is 94.8 Å². The smallest absolute Gasteiger partial charge is 0.319 e. The SMILES string of the molecule is Cc1ccc(C(=O)C(=O)Nc2ccc3[nH]c(=O)[nH]c3c2)cc1. The summed E-state index contributed by atoms with van der Waals surface area (Å²) in [4.78, 5) is 40.4. The monoisotopic (exact) mass is 295 g/mol. The molecule has 110 valence electrons. The van der Waals surface area contributed by atoms with Gasteiger partial charge >= 0.3 is 5.69 Å². The number of carbonyl (C=O) groups is 2. The molecule has 0 fully saturated rings. The molecule has 0 bridgehead atoms. The molecule has 0 spiro atoms. The molecule has 3 aromatic rings. The van der Waals surface area contributed by atoms with Crippen LogP contribution < -0.4 is 11.0 Å². The first-order chi connectivity index (χ1) is 10.5. The van der Waals surface area contributed by atoms with Gasteiger partial charge in [0.15, 0.2) is 0 Å². The number of ketones is 1. The number of aromatic amines is 2. The zero-order chi connectivity index (χ0) is 15.7. The molecule has 6 nitrogen and oxygen atoms in total. The summed E-state index contributed by atoms with van der Waals surface area (Å²) in [6.07, 6.45) is 0. The second-order valence-corrected chi connectivity index (χ2v) is 4.99. The van der Waals surface area contributed by atoms with Gasteiger partial charge in [-0.1, -0.05) is 29.8 Å². The third-order valence-corrected chi connectivity index (χ3v) is 3.29. The largest absolute Gasteiger partial charge is 0.323 e. The molecule has 1 heterocycles. The van der Waals surface area contributed by atoms with Gasteiger partial charge in [0.1, 0.15) is 0 Å². The number of nitrogens with one attached hydrogen (secondary N) is 3. The summed E-state index contributed by atoms with van der Waals surface area (Å²) in [5.41, 5.74) is 2.65. The number of carbonyl (C=O) groups excluding carboxylic acids is 2. The molecule has 0 aliphatic heterocycles. The first kappa shape index (κ1) is 13.8. The van der Waals surface area contributed by atoms with Gasteiger partial charge in [-0.05, 0) is 25.1 Å². The fourth-order valence-electron chi connectivity index (χ4n) is 2.13. The molecule has 0 aliphatic rings. The number of aryl methyl sites for hydroxylation is 1. The van der Waals surface area contributed by atoms with Crippen molar-refractivity contribution in [2.24, 2.45) is 0 Å². The quantitative estimate of drug-likeness (QED) is 0.509. The zero-order valence-corrected chi connectivity index (χ0v) is 11.8. The van der Waals surface area contributed by atoms with Crippen LogP contribution in [-0.4, -0.2) is 21.7 Å². The molecule has 1 aromatic heterocycles. The van der Waals surface area contributed by atoms with Gasteiger partial charge in [0.2, 0.25) is 0 Å². The third kappa shape index (κ3) is 2.67. The standard InChI is InChI=1S/C16H13N3O3/c1-9-2-4-10(5-3-9)14(20)15(21)17-11-6-7-12-13(8-11)19-16(22)18-12/h2-8H,1H3,(H,17,21)(H2,18,19,22). The van der Waals surface area contributed by atoms with E-state index in [0.29, 0.717) is 22.3 Å². The van der Waals surface area contributed by atoms with Crippen molar-refractivity contribution in [3.05, 3.63) is 64.1 Å². The van der Waals surface area contributed by atoms with Crippen LogP contribution in [0.15, 0.2) is 47.3 Å². The second-order valence-electron chi connectivity index (χ2n) is 4.99. The Labute approximate surface area is 125 Å². The number of rotatable bonds is 3. The molecule has 0 unspecified atom stereocenters. The fourth-order valence-corrected chi connectivity index (χ4v) is 2.13. The summed E-state index contributed by atoms with van der Waals surface area (Å²) < 4.78 is 0. The van der Waals surface area contributed by atoms with E-state index in [-0.39, 0.29) is 5.69 Å². The van der Waals surface area contributed by atoms with Gasteiger partial charge in [0.25, 0.3) is 11.7 Å². The number of Topliss-reactive ketones (excluding diaryl/α,β-unsaturated/α-hetero) is 1. The molecule has 3 N–H and O–H groups in total. The Morgan fingerprint density at radius 2 is 1.64 bits per heavy atom. The molecule has 1 amide bonds. The molecule has 22 heavy (non-hydrogen) atoms. The second kappa shape index (κ2) is 5.33. The van der Waals surface area contributed by atoms with E-state index in [1.807, 2.05) is 6.92 Å². The molecule has 3 rings (SSSR count). The summed E-state index contributed by atoms with van der Waals surface area (Å²) in [6.45, 7) is 1.90. The maximum atomic E-state index is 12.1. The molecule has 6 heteroatoms. The minimum atomic E-state index is -0.721. The maximum absolute atomic E-state index is 12.1. The molecular weight excluding hydrogens is 282 g/mol. The Morgan fingerprint density at radius 1 is 0.955 bits per heavy atom. The van der Waals surface area contributed by atoms with Gasteiger partial charge in [-0.3, -0.25) is 9.59 Å². The lowest BCUT2D eigenvalue weighted by molar-refractivity contribution is -0.112. The first-order valence-electron chi connectivity index (χ1n) is 6.67. The highest BCUT2D eigenvalue weighted by Crippen LogP contribution is 2.15. The number of anilines is 1. The number of benzene rings is 2.